The molecule has 1 unspecified atom stereocenters. The van der Waals surface area contributed by atoms with Crippen LogP contribution in [0.15, 0.2) is 41.8 Å². The van der Waals surface area contributed by atoms with Gasteiger partial charge < -0.3 is 15.0 Å². The maximum Gasteiger partial charge on any atom is 0.416 e. The number of hydrogen-bond acceptors (Lipinski definition) is 4. The van der Waals surface area contributed by atoms with E-state index in [9.17, 15) is 22.8 Å². The maximum atomic E-state index is 12.6. The second-order valence-electron chi connectivity index (χ2n) is 6.65. The SMILES string of the molecule is O=C(NCCOc1ccc(C(F)(F)F)cc1)C1CCCCN1C(=O)c1cccs1. The van der Waals surface area contributed by atoms with Gasteiger partial charge in [-0.05, 0) is 55.0 Å². The standard InChI is InChI=1S/C20H21F3N2O3S/c21-20(22,23)14-6-8-15(9-7-14)28-12-10-24-18(26)16-4-1-2-11-25(16)19(27)17-5-3-13-29-17/h3,5-9,13,16H,1-2,4,10-12H2,(H,24,26). The van der Waals surface area contributed by atoms with Gasteiger partial charge in [-0.3, -0.25) is 9.59 Å². The van der Waals surface area contributed by atoms with Crippen LogP contribution in [0.4, 0.5) is 13.2 Å². The minimum absolute atomic E-state index is 0.114. The minimum atomic E-state index is -4.39. The Hall–Kier alpha value is -2.55. The third kappa shape index (κ3) is 5.50. The number of nitrogens with zero attached hydrogens (tertiary/aromatic N) is 1. The molecule has 3 rings (SSSR count). The van der Waals surface area contributed by atoms with E-state index in [2.05, 4.69) is 5.32 Å². The van der Waals surface area contributed by atoms with Gasteiger partial charge in [0, 0.05) is 6.54 Å². The van der Waals surface area contributed by atoms with Gasteiger partial charge in [0.1, 0.15) is 18.4 Å². The average molecular weight is 426 g/mol. The topological polar surface area (TPSA) is 58.6 Å². The number of carbonyl (C=O) groups is 2. The molecule has 0 saturated carbocycles. The zero-order valence-electron chi connectivity index (χ0n) is 15.6. The lowest BCUT2D eigenvalue weighted by Gasteiger charge is -2.34. The van der Waals surface area contributed by atoms with Crippen LogP contribution >= 0.6 is 11.3 Å². The molecule has 0 spiro atoms. The molecule has 2 amide bonds. The lowest BCUT2D eigenvalue weighted by atomic mass is 10.0. The summed E-state index contributed by atoms with van der Waals surface area (Å²) in [6.45, 7) is 0.844. The number of benzene rings is 1. The van der Waals surface area contributed by atoms with E-state index in [1.807, 2.05) is 5.38 Å². The normalized spacial score (nSPS) is 17.1. The molecular weight excluding hydrogens is 405 g/mol. The van der Waals surface area contributed by atoms with Gasteiger partial charge in [-0.15, -0.1) is 11.3 Å². The number of thiophene rings is 1. The van der Waals surface area contributed by atoms with Crippen LogP contribution in [-0.4, -0.2) is 42.5 Å². The third-order valence-electron chi connectivity index (χ3n) is 4.65. The molecule has 0 aliphatic carbocycles. The molecule has 2 heterocycles. The molecule has 1 fully saturated rings. The number of amides is 2. The highest BCUT2D eigenvalue weighted by Gasteiger charge is 2.33. The first-order valence-corrected chi connectivity index (χ1v) is 10.2. The second kappa shape index (κ2) is 9.30. The number of nitrogens with one attached hydrogen (secondary N) is 1. The first kappa shape index (κ1) is 21.2. The molecule has 1 saturated heterocycles. The van der Waals surface area contributed by atoms with Crippen LogP contribution in [0.1, 0.15) is 34.5 Å². The van der Waals surface area contributed by atoms with Gasteiger partial charge in [-0.1, -0.05) is 6.07 Å². The molecule has 156 valence electrons. The Kier molecular flexibility index (Phi) is 6.79. The zero-order chi connectivity index (χ0) is 20.9. The Balaban J connectivity index is 1.48. The molecule has 0 radical (unpaired) electrons. The molecule has 1 aromatic carbocycles. The molecule has 1 N–H and O–H groups in total. The van der Waals surface area contributed by atoms with Gasteiger partial charge in [0.15, 0.2) is 0 Å². The largest absolute Gasteiger partial charge is 0.492 e. The predicted molar refractivity (Wildman–Crippen MR) is 103 cm³/mol. The van der Waals surface area contributed by atoms with E-state index < -0.39 is 17.8 Å². The smallest absolute Gasteiger partial charge is 0.416 e. The minimum Gasteiger partial charge on any atom is -0.492 e. The Morgan fingerprint density at radius 1 is 1.17 bits per heavy atom. The number of likely N-dealkylation sites (tertiary alicyclic amines) is 1. The van der Waals surface area contributed by atoms with Crippen molar-refractivity contribution in [1.82, 2.24) is 10.2 Å². The predicted octanol–water partition coefficient (Wildman–Crippen LogP) is 3.96. The van der Waals surface area contributed by atoms with E-state index in [1.54, 1.807) is 17.0 Å². The molecule has 9 heteroatoms. The van der Waals surface area contributed by atoms with Crippen LogP contribution in [0.3, 0.4) is 0 Å². The Morgan fingerprint density at radius 3 is 2.59 bits per heavy atom. The van der Waals surface area contributed by atoms with Gasteiger partial charge in [0.05, 0.1) is 17.0 Å². The van der Waals surface area contributed by atoms with Crippen molar-refractivity contribution in [3.63, 3.8) is 0 Å². The Bertz CT molecular complexity index is 822. The number of halogens is 3. The van der Waals surface area contributed by atoms with Crippen molar-refractivity contribution < 1.29 is 27.5 Å². The van der Waals surface area contributed by atoms with E-state index in [1.165, 1.54) is 23.5 Å². The Labute approximate surface area is 170 Å². The van der Waals surface area contributed by atoms with Crippen LogP contribution in [0.25, 0.3) is 0 Å². The van der Waals surface area contributed by atoms with Crippen molar-refractivity contribution in [1.29, 1.82) is 0 Å². The van der Waals surface area contributed by atoms with Crippen LogP contribution in [0.2, 0.25) is 0 Å². The fourth-order valence-corrected chi connectivity index (χ4v) is 3.87. The van der Waals surface area contributed by atoms with Gasteiger partial charge in [0.25, 0.3) is 5.91 Å². The summed E-state index contributed by atoms with van der Waals surface area (Å²) in [6.07, 6.45) is -2.06. The zero-order valence-corrected chi connectivity index (χ0v) is 16.4. The van der Waals surface area contributed by atoms with E-state index in [4.69, 9.17) is 4.74 Å². The van der Waals surface area contributed by atoms with E-state index in [0.717, 1.165) is 25.0 Å². The molecule has 29 heavy (non-hydrogen) atoms. The summed E-state index contributed by atoms with van der Waals surface area (Å²) in [5, 5.41) is 4.58. The van der Waals surface area contributed by atoms with Crippen LogP contribution in [-0.2, 0) is 11.0 Å². The maximum absolute atomic E-state index is 12.6. The molecule has 1 atom stereocenters. The first-order chi connectivity index (χ1) is 13.9. The summed E-state index contributed by atoms with van der Waals surface area (Å²) in [5.74, 6) is -0.0918. The van der Waals surface area contributed by atoms with E-state index in [0.29, 0.717) is 23.6 Å². The van der Waals surface area contributed by atoms with Crippen molar-refractivity contribution in [2.45, 2.75) is 31.5 Å². The summed E-state index contributed by atoms with van der Waals surface area (Å²) in [4.78, 5) is 27.4. The number of rotatable bonds is 6. The fraction of sp³-hybridized carbons (Fsp3) is 0.400. The molecule has 1 aliphatic heterocycles. The van der Waals surface area contributed by atoms with Crippen molar-refractivity contribution in [2.24, 2.45) is 0 Å². The molecule has 1 aromatic heterocycles. The summed E-state index contributed by atoms with van der Waals surface area (Å²) in [5.41, 5.74) is -0.744. The van der Waals surface area contributed by atoms with Crippen LogP contribution < -0.4 is 10.1 Å². The number of ether oxygens (including phenoxy) is 1. The first-order valence-electron chi connectivity index (χ1n) is 9.28. The van der Waals surface area contributed by atoms with Crippen LogP contribution in [0, 0.1) is 0 Å². The lowest BCUT2D eigenvalue weighted by molar-refractivity contribution is -0.137. The van der Waals surface area contributed by atoms with Gasteiger partial charge in [-0.2, -0.15) is 13.2 Å². The van der Waals surface area contributed by atoms with Crippen molar-refractivity contribution in [2.75, 3.05) is 19.7 Å². The molecule has 0 bridgehead atoms. The van der Waals surface area contributed by atoms with Gasteiger partial charge >= 0.3 is 6.18 Å². The van der Waals surface area contributed by atoms with E-state index >= 15 is 0 Å². The summed E-state index contributed by atoms with van der Waals surface area (Å²) in [6, 6.07) is 7.41. The second-order valence-corrected chi connectivity index (χ2v) is 7.60. The average Bonchev–Trinajstić information content (AvgIpc) is 3.25. The number of carbonyl (C=O) groups excluding carboxylic acids is 2. The quantitative estimate of drug-likeness (QED) is 0.712. The van der Waals surface area contributed by atoms with E-state index in [-0.39, 0.29) is 25.0 Å². The highest BCUT2D eigenvalue weighted by Crippen LogP contribution is 2.30. The molecule has 5 nitrogen and oxygen atoms in total. The number of hydrogen-bond donors (Lipinski definition) is 1. The van der Waals surface area contributed by atoms with Crippen molar-refractivity contribution in [3.8, 4) is 5.75 Å². The fourth-order valence-electron chi connectivity index (χ4n) is 3.19. The molecule has 1 aliphatic rings. The highest BCUT2D eigenvalue weighted by molar-refractivity contribution is 7.12. The molecule has 2 aromatic rings. The molecular formula is C20H21F3N2O3S. The summed E-state index contributed by atoms with van der Waals surface area (Å²) >= 11 is 1.35. The van der Waals surface area contributed by atoms with Crippen molar-refractivity contribution in [3.05, 3.63) is 52.2 Å². The third-order valence-corrected chi connectivity index (χ3v) is 5.51. The highest BCUT2D eigenvalue weighted by atomic mass is 32.1. The van der Waals surface area contributed by atoms with Gasteiger partial charge in [-0.25, -0.2) is 0 Å². The van der Waals surface area contributed by atoms with Crippen molar-refractivity contribution >= 4 is 23.2 Å². The number of piperidine rings is 1. The summed E-state index contributed by atoms with van der Waals surface area (Å²) in [7, 11) is 0. The summed E-state index contributed by atoms with van der Waals surface area (Å²) < 4.78 is 43.0. The van der Waals surface area contributed by atoms with Crippen LogP contribution in [0.5, 0.6) is 5.75 Å². The Morgan fingerprint density at radius 2 is 1.93 bits per heavy atom. The lowest BCUT2D eigenvalue weighted by Crippen LogP contribution is -2.52. The monoisotopic (exact) mass is 426 g/mol. The number of alkyl halides is 3. The van der Waals surface area contributed by atoms with Gasteiger partial charge in [0.2, 0.25) is 5.91 Å².